The van der Waals surface area contributed by atoms with Gasteiger partial charge in [-0.05, 0) is 83.5 Å². The number of nitrogens with zero attached hydrogens (tertiary/aromatic N) is 1. The molecule has 3 unspecified atom stereocenters. The van der Waals surface area contributed by atoms with Gasteiger partial charge in [-0.25, -0.2) is 14.0 Å². The molecule has 0 aromatic heterocycles. The Labute approximate surface area is 233 Å². The molecule has 39 heavy (non-hydrogen) atoms. The minimum atomic E-state index is -1.13. The quantitative estimate of drug-likeness (QED) is 0.382. The molecule has 2 aromatic carbocycles. The Morgan fingerprint density at radius 1 is 1.03 bits per heavy atom. The number of carbonyl (C=O) groups is 3. The molecule has 11 heteroatoms. The maximum atomic E-state index is 14.6. The average molecular weight is 567 g/mol. The van der Waals surface area contributed by atoms with Crippen LogP contribution in [-0.4, -0.2) is 54.8 Å². The molecule has 0 aliphatic heterocycles. The molecule has 2 amide bonds. The first-order valence-corrected chi connectivity index (χ1v) is 12.7. The van der Waals surface area contributed by atoms with E-state index in [2.05, 4.69) is 10.1 Å². The molecule has 0 spiro atoms. The fourth-order valence-corrected chi connectivity index (χ4v) is 4.06. The molecular formula is C28H36ClFN2O7. The van der Waals surface area contributed by atoms with Crippen LogP contribution >= 0.6 is 11.6 Å². The van der Waals surface area contributed by atoms with E-state index in [9.17, 15) is 18.8 Å². The van der Waals surface area contributed by atoms with E-state index in [1.165, 1.54) is 31.9 Å². The number of rotatable bonds is 10. The predicted octanol–water partition coefficient (Wildman–Crippen LogP) is 5.43. The summed E-state index contributed by atoms with van der Waals surface area (Å²) in [5, 5.41) is 2.62. The van der Waals surface area contributed by atoms with E-state index in [1.807, 2.05) is 0 Å². The fourth-order valence-electron chi connectivity index (χ4n) is 3.79. The topological polar surface area (TPSA) is 103 Å². The highest BCUT2D eigenvalue weighted by Crippen LogP contribution is 2.33. The zero-order chi connectivity index (χ0) is 29.5. The van der Waals surface area contributed by atoms with E-state index in [1.54, 1.807) is 59.1 Å². The number of hydrogen-bond acceptors (Lipinski definition) is 7. The summed E-state index contributed by atoms with van der Waals surface area (Å²) in [6, 6.07) is 6.28. The molecule has 0 heterocycles. The van der Waals surface area contributed by atoms with Crippen molar-refractivity contribution in [2.45, 2.75) is 71.9 Å². The zero-order valence-electron chi connectivity index (χ0n) is 23.5. The number of esters is 1. The summed E-state index contributed by atoms with van der Waals surface area (Å²) in [6.45, 7) is 9.57. The van der Waals surface area contributed by atoms with Crippen LogP contribution < -0.4 is 14.8 Å². The number of nitrogens with one attached hydrogen (secondary N) is 1. The van der Waals surface area contributed by atoms with Crippen LogP contribution in [0.1, 0.15) is 58.7 Å². The summed E-state index contributed by atoms with van der Waals surface area (Å²) in [7, 11) is 2.75. The van der Waals surface area contributed by atoms with Crippen molar-refractivity contribution in [2.75, 3.05) is 14.2 Å². The second kappa shape index (κ2) is 13.5. The maximum Gasteiger partial charge on any atom is 0.411 e. The third kappa shape index (κ3) is 8.74. The van der Waals surface area contributed by atoms with Gasteiger partial charge >= 0.3 is 12.1 Å². The SMILES string of the molecule is COC(=O)C(C)NC(=O)C(C)N(C(=O)OC(C)(C)C)C(C)c1cc(F)cc(Cl)c1COc1ccc(OC)cc1. The van der Waals surface area contributed by atoms with Crippen molar-refractivity contribution in [3.8, 4) is 11.5 Å². The second-order valence-electron chi connectivity index (χ2n) is 9.91. The van der Waals surface area contributed by atoms with Gasteiger partial charge in [0.1, 0.15) is 41.6 Å². The molecule has 0 saturated carbocycles. The van der Waals surface area contributed by atoms with Crippen LogP contribution in [-0.2, 0) is 25.7 Å². The molecular weight excluding hydrogens is 531 g/mol. The second-order valence-corrected chi connectivity index (χ2v) is 10.3. The first-order valence-electron chi connectivity index (χ1n) is 12.3. The Balaban J connectivity index is 2.46. The minimum absolute atomic E-state index is 0.0484. The standard InChI is InChI=1S/C28H36ClFN2O7/c1-16(26(34)37-8)31-25(33)18(3)32(27(35)39-28(4,5)6)17(2)22-13-19(30)14-24(29)23(22)15-38-21-11-9-20(36-7)10-12-21/h9-14,16-18H,15H2,1-8H3,(H,31,33). The third-order valence-electron chi connectivity index (χ3n) is 5.82. The molecule has 2 rings (SSSR count). The Hall–Kier alpha value is -3.53. The number of ether oxygens (including phenoxy) is 4. The fraction of sp³-hybridized carbons (Fsp3) is 0.464. The lowest BCUT2D eigenvalue weighted by molar-refractivity contribution is -0.145. The Morgan fingerprint density at radius 3 is 2.15 bits per heavy atom. The van der Waals surface area contributed by atoms with Crippen molar-refractivity contribution >= 4 is 29.6 Å². The first-order chi connectivity index (χ1) is 18.2. The van der Waals surface area contributed by atoms with Crippen LogP contribution in [0.5, 0.6) is 11.5 Å². The number of benzene rings is 2. The van der Waals surface area contributed by atoms with Crippen LogP contribution in [0.3, 0.4) is 0 Å². The van der Waals surface area contributed by atoms with E-state index in [-0.39, 0.29) is 11.6 Å². The van der Waals surface area contributed by atoms with E-state index in [4.69, 9.17) is 25.8 Å². The van der Waals surface area contributed by atoms with E-state index in [0.29, 0.717) is 22.6 Å². The number of halogens is 2. The molecule has 0 radical (unpaired) electrons. The van der Waals surface area contributed by atoms with E-state index >= 15 is 0 Å². The lowest BCUT2D eigenvalue weighted by Gasteiger charge is -2.36. The van der Waals surface area contributed by atoms with Gasteiger partial charge in [-0.3, -0.25) is 9.69 Å². The van der Waals surface area contributed by atoms with E-state index < -0.39 is 47.5 Å². The van der Waals surface area contributed by atoms with Crippen LogP contribution in [0.4, 0.5) is 9.18 Å². The summed E-state index contributed by atoms with van der Waals surface area (Å²) in [5.41, 5.74) is -0.143. The number of methoxy groups -OCH3 is 2. The zero-order valence-corrected chi connectivity index (χ0v) is 24.2. The molecule has 0 saturated heterocycles. The van der Waals surface area contributed by atoms with Crippen LogP contribution in [0.25, 0.3) is 0 Å². The highest BCUT2D eigenvalue weighted by atomic mass is 35.5. The summed E-state index contributed by atoms with van der Waals surface area (Å²) in [6.07, 6.45) is -0.814. The van der Waals surface area contributed by atoms with Gasteiger partial charge in [0.25, 0.3) is 0 Å². The van der Waals surface area contributed by atoms with Crippen LogP contribution in [0.2, 0.25) is 5.02 Å². The molecule has 2 aromatic rings. The van der Waals surface area contributed by atoms with Crippen LogP contribution in [0.15, 0.2) is 36.4 Å². The molecule has 1 N–H and O–H groups in total. The van der Waals surface area contributed by atoms with Crippen molar-refractivity contribution in [3.63, 3.8) is 0 Å². The van der Waals surface area contributed by atoms with Gasteiger partial charge in [-0.15, -0.1) is 0 Å². The first kappa shape index (κ1) is 31.7. The molecule has 9 nitrogen and oxygen atoms in total. The minimum Gasteiger partial charge on any atom is -0.497 e. The predicted molar refractivity (Wildman–Crippen MR) is 144 cm³/mol. The Morgan fingerprint density at radius 2 is 1.62 bits per heavy atom. The lowest BCUT2D eigenvalue weighted by Crippen LogP contribution is -2.53. The van der Waals surface area contributed by atoms with Crippen molar-refractivity contribution in [1.82, 2.24) is 10.2 Å². The normalized spacial score (nSPS) is 13.5. The van der Waals surface area contributed by atoms with Crippen LogP contribution in [0, 0.1) is 5.82 Å². The average Bonchev–Trinajstić information content (AvgIpc) is 2.86. The number of amides is 2. The Bertz CT molecular complexity index is 1170. The summed E-state index contributed by atoms with van der Waals surface area (Å²) < 4.78 is 35.9. The van der Waals surface area contributed by atoms with E-state index in [0.717, 1.165) is 6.07 Å². The third-order valence-corrected chi connectivity index (χ3v) is 6.16. The van der Waals surface area contributed by atoms with Gasteiger partial charge in [0.15, 0.2) is 0 Å². The summed E-state index contributed by atoms with van der Waals surface area (Å²) >= 11 is 6.44. The summed E-state index contributed by atoms with van der Waals surface area (Å²) in [5.74, 6) is -0.747. The van der Waals surface area contributed by atoms with Gasteiger partial charge < -0.3 is 24.3 Å². The Kier molecular flexibility index (Phi) is 11.0. The lowest BCUT2D eigenvalue weighted by atomic mass is 9.99. The molecule has 214 valence electrons. The highest BCUT2D eigenvalue weighted by Gasteiger charge is 2.36. The monoisotopic (exact) mass is 566 g/mol. The largest absolute Gasteiger partial charge is 0.497 e. The van der Waals surface area contributed by atoms with Crippen molar-refractivity contribution < 1.29 is 37.7 Å². The highest BCUT2D eigenvalue weighted by molar-refractivity contribution is 6.31. The van der Waals surface area contributed by atoms with Gasteiger partial charge in [0, 0.05) is 5.56 Å². The maximum absolute atomic E-state index is 14.6. The van der Waals surface area contributed by atoms with Crippen molar-refractivity contribution in [1.29, 1.82) is 0 Å². The summed E-state index contributed by atoms with van der Waals surface area (Å²) in [4.78, 5) is 39.5. The van der Waals surface area contributed by atoms with Gasteiger partial charge in [-0.1, -0.05) is 11.6 Å². The number of carbonyl (C=O) groups excluding carboxylic acids is 3. The smallest absolute Gasteiger partial charge is 0.411 e. The molecule has 3 atom stereocenters. The number of hydrogen-bond donors (Lipinski definition) is 1. The molecule has 0 aliphatic carbocycles. The molecule has 0 fully saturated rings. The molecule has 0 aliphatic rings. The van der Waals surface area contributed by atoms with Crippen molar-refractivity contribution in [2.24, 2.45) is 0 Å². The molecule has 0 bridgehead atoms. The van der Waals surface area contributed by atoms with Gasteiger partial charge in [0.2, 0.25) is 5.91 Å². The van der Waals surface area contributed by atoms with Crippen molar-refractivity contribution in [3.05, 3.63) is 58.4 Å². The van der Waals surface area contributed by atoms with Gasteiger partial charge in [0.05, 0.1) is 25.3 Å². The van der Waals surface area contributed by atoms with Gasteiger partial charge in [-0.2, -0.15) is 0 Å².